The third-order valence-corrected chi connectivity index (χ3v) is 9.80. The summed E-state index contributed by atoms with van der Waals surface area (Å²) in [6.45, 7) is 0. The lowest BCUT2D eigenvalue weighted by Crippen LogP contribution is -1.93. The summed E-state index contributed by atoms with van der Waals surface area (Å²) in [6, 6.07) is 54.4. The van der Waals surface area contributed by atoms with Crippen LogP contribution in [0.1, 0.15) is 5.56 Å². The fourth-order valence-electron chi connectivity index (χ4n) is 7.74. The molecule has 0 N–H and O–H groups in total. The van der Waals surface area contributed by atoms with E-state index in [-0.39, 0.29) is 0 Å². The molecule has 10 aromatic rings. The van der Waals surface area contributed by atoms with E-state index < -0.39 is 0 Å². The van der Waals surface area contributed by atoms with Gasteiger partial charge in [-0.05, 0) is 89.3 Å². The summed E-state index contributed by atoms with van der Waals surface area (Å²) in [5, 5.41) is 25.5. The number of rotatable bonds is 2. The van der Waals surface area contributed by atoms with Crippen molar-refractivity contribution < 1.29 is 0 Å². The quantitative estimate of drug-likeness (QED) is 0.191. The number of nitrogens with zero attached hydrogens (tertiary/aromatic N) is 2. The van der Waals surface area contributed by atoms with Crippen LogP contribution in [0.2, 0.25) is 0 Å². The predicted octanol–water partition coefficient (Wildman–Crippen LogP) is 11.8. The van der Waals surface area contributed by atoms with Crippen LogP contribution in [-0.2, 0) is 0 Å². The number of nitriles is 1. The van der Waals surface area contributed by atoms with E-state index in [1.54, 1.807) is 0 Å². The third kappa shape index (κ3) is 3.43. The molecule has 0 saturated heterocycles. The van der Waals surface area contributed by atoms with Crippen molar-refractivity contribution in [1.82, 2.24) is 4.98 Å². The van der Waals surface area contributed by atoms with Crippen LogP contribution in [-0.4, -0.2) is 4.98 Å². The predicted molar refractivity (Wildman–Crippen MR) is 194 cm³/mol. The zero-order valence-corrected chi connectivity index (χ0v) is 24.8. The highest BCUT2D eigenvalue weighted by atomic mass is 14.7. The number of para-hydroxylation sites is 1. The Labute approximate surface area is 264 Å². The van der Waals surface area contributed by atoms with E-state index in [2.05, 4.69) is 127 Å². The van der Waals surface area contributed by atoms with Crippen LogP contribution in [0.5, 0.6) is 0 Å². The van der Waals surface area contributed by atoms with Crippen molar-refractivity contribution in [2.75, 3.05) is 0 Å². The molecule has 2 nitrogen and oxygen atoms in total. The van der Waals surface area contributed by atoms with Crippen molar-refractivity contribution >= 4 is 75.5 Å². The molecular weight excluding hydrogens is 556 g/mol. The van der Waals surface area contributed by atoms with E-state index in [9.17, 15) is 5.26 Å². The molecule has 210 valence electrons. The van der Waals surface area contributed by atoms with Gasteiger partial charge in [0, 0.05) is 21.7 Å². The number of hydrogen-bond donors (Lipinski definition) is 0. The first-order valence-electron chi connectivity index (χ1n) is 15.6. The molecule has 0 aliphatic carbocycles. The van der Waals surface area contributed by atoms with Gasteiger partial charge >= 0.3 is 0 Å². The van der Waals surface area contributed by atoms with E-state index in [1.807, 2.05) is 24.3 Å². The van der Waals surface area contributed by atoms with Crippen molar-refractivity contribution in [2.45, 2.75) is 0 Å². The summed E-state index contributed by atoms with van der Waals surface area (Å²) in [5.41, 5.74) is 5.97. The van der Waals surface area contributed by atoms with Gasteiger partial charge in [-0.25, -0.2) is 4.98 Å². The maximum absolute atomic E-state index is 9.47. The second-order valence-corrected chi connectivity index (χ2v) is 12.2. The summed E-state index contributed by atoms with van der Waals surface area (Å²) < 4.78 is 0. The molecule has 0 saturated carbocycles. The zero-order valence-electron chi connectivity index (χ0n) is 24.8. The molecule has 0 bridgehead atoms. The SMILES string of the molecule is N#Cc1ccc(-c2nc3ccccc3c3c4ccccc4c4cc(-c5ccc6ccc7cccc8ccc5c6c78)ccc4c23)cc1. The van der Waals surface area contributed by atoms with Gasteiger partial charge in [-0.2, -0.15) is 5.26 Å². The van der Waals surface area contributed by atoms with Crippen LogP contribution < -0.4 is 0 Å². The van der Waals surface area contributed by atoms with Gasteiger partial charge in [-0.3, -0.25) is 0 Å². The van der Waals surface area contributed by atoms with Gasteiger partial charge in [0.25, 0.3) is 0 Å². The van der Waals surface area contributed by atoms with Gasteiger partial charge in [-0.1, -0.05) is 121 Å². The molecule has 0 atom stereocenters. The first-order valence-corrected chi connectivity index (χ1v) is 15.6. The molecule has 9 aromatic carbocycles. The van der Waals surface area contributed by atoms with E-state index in [1.165, 1.54) is 70.4 Å². The standard InChI is InChI=1S/C44H24N2/c45-25-26-12-14-30(15-13-26)44-43-36-23-20-31(32-21-18-29-17-16-27-6-5-7-28-19-22-35(32)41(29)40(27)28)24-38(36)33-8-1-2-9-34(33)42(43)37-10-3-4-11-39(37)46-44/h1-24H. The lowest BCUT2D eigenvalue weighted by Gasteiger charge is -2.18. The summed E-state index contributed by atoms with van der Waals surface area (Å²) in [6.07, 6.45) is 0. The van der Waals surface area contributed by atoms with Gasteiger partial charge in [0.05, 0.1) is 22.8 Å². The summed E-state index contributed by atoms with van der Waals surface area (Å²) in [5.74, 6) is 0. The Bertz CT molecular complexity index is 2890. The Hall–Kier alpha value is -6.30. The van der Waals surface area contributed by atoms with E-state index in [0.29, 0.717) is 5.56 Å². The summed E-state index contributed by atoms with van der Waals surface area (Å²) >= 11 is 0. The van der Waals surface area contributed by atoms with Crippen LogP contribution in [0.4, 0.5) is 0 Å². The monoisotopic (exact) mass is 580 g/mol. The molecule has 0 amide bonds. The minimum Gasteiger partial charge on any atom is -0.247 e. The lowest BCUT2D eigenvalue weighted by molar-refractivity contribution is 1.42. The molecule has 10 rings (SSSR count). The number of fused-ring (bicyclic) bond motifs is 8. The van der Waals surface area contributed by atoms with Crippen molar-refractivity contribution in [3.63, 3.8) is 0 Å². The van der Waals surface area contributed by atoms with E-state index in [0.717, 1.165) is 27.5 Å². The molecule has 0 aliphatic rings. The van der Waals surface area contributed by atoms with Gasteiger partial charge < -0.3 is 0 Å². The Kier molecular flexibility index (Phi) is 5.10. The lowest BCUT2D eigenvalue weighted by atomic mass is 9.87. The fraction of sp³-hybridized carbons (Fsp3) is 0. The average molecular weight is 581 g/mol. The highest BCUT2D eigenvalue weighted by molar-refractivity contribution is 6.34. The van der Waals surface area contributed by atoms with Gasteiger partial charge in [0.2, 0.25) is 0 Å². The fourth-order valence-corrected chi connectivity index (χ4v) is 7.74. The smallest absolute Gasteiger partial charge is 0.0991 e. The second-order valence-electron chi connectivity index (χ2n) is 12.2. The molecule has 2 heteroatoms. The highest BCUT2D eigenvalue weighted by Crippen LogP contribution is 2.45. The molecule has 1 aromatic heterocycles. The van der Waals surface area contributed by atoms with Crippen LogP contribution in [0, 0.1) is 11.3 Å². The van der Waals surface area contributed by atoms with Gasteiger partial charge in [0.15, 0.2) is 0 Å². The van der Waals surface area contributed by atoms with E-state index >= 15 is 0 Å². The molecule has 0 unspecified atom stereocenters. The number of benzene rings is 9. The minimum atomic E-state index is 0.641. The molecular formula is C44H24N2. The summed E-state index contributed by atoms with van der Waals surface area (Å²) in [4.78, 5) is 5.27. The number of aromatic nitrogens is 1. The summed E-state index contributed by atoms with van der Waals surface area (Å²) in [7, 11) is 0. The molecule has 0 fully saturated rings. The average Bonchev–Trinajstić information content (AvgIpc) is 3.13. The molecule has 0 radical (unpaired) electrons. The Morgan fingerprint density at radius 1 is 0.413 bits per heavy atom. The second kappa shape index (κ2) is 9.35. The van der Waals surface area contributed by atoms with Crippen LogP contribution >= 0.6 is 0 Å². The van der Waals surface area contributed by atoms with Crippen molar-refractivity contribution in [3.05, 3.63) is 151 Å². The van der Waals surface area contributed by atoms with Crippen molar-refractivity contribution in [1.29, 1.82) is 5.26 Å². The van der Waals surface area contributed by atoms with Crippen LogP contribution in [0.3, 0.4) is 0 Å². The first kappa shape index (κ1) is 25.1. The van der Waals surface area contributed by atoms with Crippen LogP contribution in [0.15, 0.2) is 146 Å². The molecule has 1 heterocycles. The third-order valence-electron chi connectivity index (χ3n) is 9.80. The first-order chi connectivity index (χ1) is 22.8. The molecule has 46 heavy (non-hydrogen) atoms. The maximum Gasteiger partial charge on any atom is 0.0991 e. The zero-order chi connectivity index (χ0) is 30.4. The van der Waals surface area contributed by atoms with Gasteiger partial charge in [0.1, 0.15) is 0 Å². The Morgan fingerprint density at radius 2 is 1.04 bits per heavy atom. The minimum absolute atomic E-state index is 0.641. The molecule has 0 aliphatic heterocycles. The van der Waals surface area contributed by atoms with Crippen LogP contribution in [0.25, 0.3) is 97.9 Å². The Morgan fingerprint density at radius 3 is 1.85 bits per heavy atom. The maximum atomic E-state index is 9.47. The van der Waals surface area contributed by atoms with Gasteiger partial charge in [-0.15, -0.1) is 0 Å². The number of hydrogen-bond acceptors (Lipinski definition) is 2. The normalized spacial score (nSPS) is 11.9. The highest BCUT2D eigenvalue weighted by Gasteiger charge is 2.19. The van der Waals surface area contributed by atoms with Crippen molar-refractivity contribution in [2.24, 2.45) is 0 Å². The van der Waals surface area contributed by atoms with Crippen molar-refractivity contribution in [3.8, 4) is 28.5 Å². The largest absolute Gasteiger partial charge is 0.247 e. The Balaban J connectivity index is 1.34. The topological polar surface area (TPSA) is 36.7 Å². The molecule has 0 spiro atoms. The number of pyridine rings is 1. The van der Waals surface area contributed by atoms with E-state index in [4.69, 9.17) is 4.98 Å².